The SMILES string of the molecule is FC(F)(F)C(F)(F)C(F)(F)C(F)(F)B(C(F)(F)C(F)(F)C(F)(F)C(F)(F)F)C(F)(F)C(F)(F)C(F)(F)C(F)(F)F. The van der Waals surface area contributed by atoms with E-state index in [2.05, 4.69) is 0 Å². The third-order valence-corrected chi connectivity index (χ3v) is 4.59. The summed E-state index contributed by atoms with van der Waals surface area (Å²) in [4.78, 5) is 0. The average Bonchev–Trinajstić information content (AvgIpc) is 2.63. The van der Waals surface area contributed by atoms with Gasteiger partial charge in [0.15, 0.2) is 0 Å². The Bertz CT molecular complexity index is 792. The molecule has 0 aliphatic rings. The Morgan fingerprint density at radius 2 is 0.325 bits per heavy atom. The normalized spacial score (nSPS) is 16.9. The number of hydrogen-bond acceptors (Lipinski definition) is 0. The molecule has 0 fully saturated rings. The summed E-state index contributed by atoms with van der Waals surface area (Å²) < 4.78 is 350. The van der Waals surface area contributed by atoms with Crippen LogP contribution in [0.25, 0.3) is 0 Å². The Balaban J connectivity index is 8.21. The van der Waals surface area contributed by atoms with E-state index in [9.17, 15) is 119 Å². The molecule has 0 aliphatic heterocycles. The molecular weight excluding hydrogens is 668 g/mol. The maximum atomic E-state index is 13.9. The van der Waals surface area contributed by atoms with Crippen molar-refractivity contribution in [2.24, 2.45) is 0 Å². The lowest BCUT2D eigenvalue weighted by Crippen LogP contribution is -2.82. The summed E-state index contributed by atoms with van der Waals surface area (Å²) in [6.45, 7) is -8.76. The van der Waals surface area contributed by atoms with Crippen LogP contribution in [0.4, 0.5) is 119 Å². The second-order valence-electron chi connectivity index (χ2n) is 7.24. The number of hydrogen-bond donors (Lipinski definition) is 0. The predicted octanol–water partition coefficient (Wildman–Crippen LogP) is 8.50. The summed E-state index contributed by atoms with van der Waals surface area (Å²) in [5.41, 5.74) is 0. The first-order valence-corrected chi connectivity index (χ1v) is 8.22. The molecule has 240 valence electrons. The van der Waals surface area contributed by atoms with E-state index in [0.717, 1.165) is 0 Å². The van der Waals surface area contributed by atoms with E-state index < -0.39 is 78.2 Å². The highest BCUT2D eigenvalue weighted by Crippen LogP contribution is 2.65. The molecule has 0 radical (unpaired) electrons. The fourth-order valence-electron chi connectivity index (χ4n) is 2.39. The van der Waals surface area contributed by atoms with E-state index in [1.165, 1.54) is 0 Å². The van der Waals surface area contributed by atoms with Crippen molar-refractivity contribution in [3.05, 3.63) is 0 Å². The van der Waals surface area contributed by atoms with E-state index in [0.29, 0.717) is 0 Å². The second-order valence-corrected chi connectivity index (χ2v) is 7.24. The highest BCUT2D eigenvalue weighted by molar-refractivity contribution is 6.67. The Hall–Kier alpha value is -1.83. The zero-order valence-electron chi connectivity index (χ0n) is 16.8. The van der Waals surface area contributed by atoms with E-state index in [4.69, 9.17) is 0 Å². The maximum Gasteiger partial charge on any atom is 0.460 e. The lowest BCUT2D eigenvalue weighted by Gasteiger charge is -2.46. The van der Waals surface area contributed by atoms with Gasteiger partial charge in [-0.15, -0.1) is 0 Å². The Kier molecular flexibility index (Phi) is 8.67. The minimum absolute atomic E-state index is 8.41. The van der Waals surface area contributed by atoms with Crippen molar-refractivity contribution in [1.82, 2.24) is 0 Å². The molecule has 0 unspecified atom stereocenters. The Morgan fingerprint density at radius 3 is 0.425 bits per heavy atom. The van der Waals surface area contributed by atoms with Crippen molar-refractivity contribution in [2.75, 3.05) is 0 Å². The highest BCUT2D eigenvalue weighted by atomic mass is 19.4. The van der Waals surface area contributed by atoms with Crippen molar-refractivity contribution in [3.63, 3.8) is 0 Å². The van der Waals surface area contributed by atoms with E-state index in [-0.39, 0.29) is 0 Å². The zero-order chi connectivity index (χ0) is 33.6. The predicted molar refractivity (Wildman–Crippen MR) is 68.4 cm³/mol. The van der Waals surface area contributed by atoms with Gasteiger partial charge in [0.05, 0.1) is 0 Å². The van der Waals surface area contributed by atoms with Crippen LogP contribution in [0, 0.1) is 0 Å². The lowest BCUT2D eigenvalue weighted by molar-refractivity contribution is -0.403. The van der Waals surface area contributed by atoms with Crippen molar-refractivity contribution in [3.8, 4) is 0 Å². The molecular formula is C12BF27. The van der Waals surface area contributed by atoms with Gasteiger partial charge in [-0.25, -0.2) is 26.3 Å². The summed E-state index contributed by atoms with van der Waals surface area (Å²) in [6.07, 6.45) is -25.2. The van der Waals surface area contributed by atoms with E-state index in [1.807, 2.05) is 0 Å². The van der Waals surface area contributed by atoms with Gasteiger partial charge in [0.1, 0.15) is 0 Å². The topological polar surface area (TPSA) is 0 Å². The molecule has 0 rings (SSSR count). The summed E-state index contributed by atoms with van der Waals surface area (Å²) in [7, 11) is 0. The summed E-state index contributed by atoms with van der Waals surface area (Å²) in [5, 5.41) is 0. The zero-order valence-corrected chi connectivity index (χ0v) is 16.8. The molecule has 28 heteroatoms. The van der Waals surface area contributed by atoms with Crippen LogP contribution in [-0.2, 0) is 0 Å². The van der Waals surface area contributed by atoms with Gasteiger partial charge in [-0.3, -0.25) is 0 Å². The molecule has 0 amide bonds. The molecule has 0 saturated carbocycles. The monoisotopic (exact) mass is 668 g/mol. The number of halogens is 27. The Labute approximate surface area is 198 Å². The van der Waals surface area contributed by atoms with Crippen LogP contribution in [0.1, 0.15) is 0 Å². The van der Waals surface area contributed by atoms with Gasteiger partial charge in [0.2, 0.25) is 0 Å². The average molecular weight is 668 g/mol. The largest absolute Gasteiger partial charge is 0.460 e. The van der Waals surface area contributed by atoms with Crippen LogP contribution in [-0.4, -0.2) is 78.2 Å². The standard InChI is InChI=1S/C12BF27/c14-1(15,4(20,21)10(32,33)34)7(26,27)13(8(28,29)2(16,17)5(22,23)11(35,36)37)9(30,31)3(18,19)6(24,25)12(38,39)40. The van der Waals surface area contributed by atoms with E-state index in [1.54, 1.807) is 0 Å². The third-order valence-electron chi connectivity index (χ3n) is 4.59. The van der Waals surface area contributed by atoms with Gasteiger partial charge >= 0.3 is 60.8 Å². The third kappa shape index (κ3) is 4.74. The van der Waals surface area contributed by atoms with Crippen molar-refractivity contribution < 1.29 is 119 Å². The Morgan fingerprint density at radius 1 is 0.200 bits per heavy atom. The first-order chi connectivity index (χ1) is 16.6. The number of alkyl halides is 27. The minimum Gasteiger partial charge on any atom is -0.210 e. The molecule has 0 bridgehead atoms. The summed E-state index contributed by atoms with van der Waals surface area (Å²) >= 11 is 0. The molecule has 0 aromatic heterocycles. The highest BCUT2D eigenvalue weighted by Gasteiger charge is 2.99. The van der Waals surface area contributed by atoms with Crippen LogP contribution in [0.2, 0.25) is 0 Å². The lowest BCUT2D eigenvalue weighted by atomic mass is 9.31. The molecule has 0 atom stereocenters. The van der Waals surface area contributed by atoms with Crippen molar-refractivity contribution >= 4 is 6.71 Å². The molecule has 0 aliphatic carbocycles. The van der Waals surface area contributed by atoms with Crippen molar-refractivity contribution in [1.29, 1.82) is 0 Å². The number of rotatable bonds is 9. The van der Waals surface area contributed by atoms with Crippen molar-refractivity contribution in [2.45, 2.75) is 71.5 Å². The van der Waals surface area contributed by atoms with Gasteiger partial charge in [0, 0.05) is 0 Å². The van der Waals surface area contributed by atoms with Gasteiger partial charge in [-0.1, -0.05) is 0 Å². The molecule has 0 heterocycles. The quantitative estimate of drug-likeness (QED) is 0.171. The van der Waals surface area contributed by atoms with Gasteiger partial charge in [-0.2, -0.15) is 92.2 Å². The van der Waals surface area contributed by atoms with Crippen LogP contribution in [0.15, 0.2) is 0 Å². The first kappa shape index (κ1) is 38.2. The summed E-state index contributed by atoms with van der Waals surface area (Å²) in [5.74, 6) is -84.0. The fourth-order valence-corrected chi connectivity index (χ4v) is 2.39. The first-order valence-electron chi connectivity index (χ1n) is 8.22. The van der Waals surface area contributed by atoms with Gasteiger partial charge in [-0.05, 0) is 0 Å². The van der Waals surface area contributed by atoms with Crippen LogP contribution >= 0.6 is 0 Å². The molecule has 40 heavy (non-hydrogen) atoms. The minimum atomic E-state index is -9.64. The van der Waals surface area contributed by atoms with Crippen LogP contribution in [0.3, 0.4) is 0 Å². The molecule has 0 N–H and O–H groups in total. The van der Waals surface area contributed by atoms with Gasteiger partial charge in [0.25, 0.3) is 17.5 Å². The second kappa shape index (κ2) is 9.09. The molecule has 0 saturated heterocycles. The maximum absolute atomic E-state index is 13.9. The van der Waals surface area contributed by atoms with Crippen LogP contribution in [0.5, 0.6) is 0 Å². The van der Waals surface area contributed by atoms with Gasteiger partial charge < -0.3 is 0 Å². The molecule has 0 aromatic rings. The molecule has 0 aromatic carbocycles. The smallest absolute Gasteiger partial charge is 0.210 e. The summed E-state index contributed by atoms with van der Waals surface area (Å²) in [6, 6.07) is 0. The van der Waals surface area contributed by atoms with E-state index >= 15 is 0 Å². The molecule has 0 spiro atoms. The fraction of sp³-hybridized carbons (Fsp3) is 1.00. The molecule has 0 nitrogen and oxygen atoms in total. The van der Waals surface area contributed by atoms with Crippen LogP contribution < -0.4 is 0 Å².